The summed E-state index contributed by atoms with van der Waals surface area (Å²) in [5.41, 5.74) is -0.674. The van der Waals surface area contributed by atoms with E-state index in [-0.39, 0.29) is 11.0 Å². The van der Waals surface area contributed by atoms with Gasteiger partial charge >= 0.3 is 6.09 Å². The first kappa shape index (κ1) is 12.6. The molecule has 0 spiro atoms. The first-order valence-electron chi connectivity index (χ1n) is 4.46. The van der Waals surface area contributed by atoms with Crippen LogP contribution < -0.4 is 5.32 Å². The average molecular weight is 248 g/mol. The highest BCUT2D eigenvalue weighted by Gasteiger charge is 2.18. The molecule has 0 fully saturated rings. The third-order valence-corrected chi connectivity index (χ3v) is 1.50. The summed E-state index contributed by atoms with van der Waals surface area (Å²) in [6.07, 6.45) is 0.222. The second-order valence-corrected chi connectivity index (χ2v) is 4.35. The van der Waals surface area contributed by atoms with Gasteiger partial charge in [0.2, 0.25) is 0 Å². The highest BCUT2D eigenvalue weighted by Crippen LogP contribution is 2.14. The van der Waals surface area contributed by atoms with E-state index in [9.17, 15) is 9.18 Å². The fraction of sp³-hybridized carbons (Fsp3) is 0.444. The maximum absolute atomic E-state index is 13.1. The number of carbonyl (C=O) groups is 1. The molecular formula is C9H11ClFN3O2. The Morgan fingerprint density at radius 3 is 2.75 bits per heavy atom. The molecule has 0 saturated heterocycles. The Bertz CT molecular complexity index is 406. The predicted octanol–water partition coefficient (Wildman–Crippen LogP) is 2.62. The van der Waals surface area contributed by atoms with Gasteiger partial charge in [-0.3, -0.25) is 5.32 Å². The number of nitrogens with zero attached hydrogens (tertiary/aromatic N) is 2. The fourth-order valence-corrected chi connectivity index (χ4v) is 0.966. The molecule has 0 aliphatic rings. The van der Waals surface area contributed by atoms with Gasteiger partial charge in [0, 0.05) is 0 Å². The molecule has 7 heteroatoms. The Kier molecular flexibility index (Phi) is 3.64. The molecule has 0 aliphatic heterocycles. The topological polar surface area (TPSA) is 64.1 Å². The third kappa shape index (κ3) is 3.98. The number of aromatic nitrogens is 2. The highest BCUT2D eigenvalue weighted by molar-refractivity contribution is 6.29. The molecule has 0 aliphatic carbocycles. The van der Waals surface area contributed by atoms with E-state index in [0.717, 1.165) is 6.20 Å². The van der Waals surface area contributed by atoms with Gasteiger partial charge in [-0.25, -0.2) is 14.8 Å². The molecule has 5 nitrogen and oxygen atoms in total. The van der Waals surface area contributed by atoms with Crippen LogP contribution in [0.1, 0.15) is 20.8 Å². The van der Waals surface area contributed by atoms with Crippen molar-refractivity contribution in [3.8, 4) is 0 Å². The molecule has 0 unspecified atom stereocenters. The lowest BCUT2D eigenvalue weighted by molar-refractivity contribution is 0.0634. The summed E-state index contributed by atoms with van der Waals surface area (Å²) < 4.78 is 18.0. The Morgan fingerprint density at radius 2 is 2.19 bits per heavy atom. The van der Waals surface area contributed by atoms with E-state index in [1.165, 1.54) is 0 Å². The molecular weight excluding hydrogens is 237 g/mol. The van der Waals surface area contributed by atoms with Crippen LogP contribution in [0.15, 0.2) is 6.20 Å². The van der Waals surface area contributed by atoms with Crippen LogP contribution in [0.4, 0.5) is 15.0 Å². The molecule has 0 saturated carbocycles. The van der Waals surface area contributed by atoms with Crippen molar-refractivity contribution in [1.29, 1.82) is 0 Å². The zero-order valence-corrected chi connectivity index (χ0v) is 9.80. The Balaban J connectivity index is 2.73. The van der Waals surface area contributed by atoms with E-state index in [4.69, 9.17) is 16.3 Å². The van der Waals surface area contributed by atoms with E-state index in [2.05, 4.69) is 15.3 Å². The molecule has 1 amide bonds. The van der Waals surface area contributed by atoms with Gasteiger partial charge in [0.05, 0.1) is 6.20 Å². The van der Waals surface area contributed by atoms with Gasteiger partial charge in [-0.05, 0) is 20.8 Å². The first-order valence-corrected chi connectivity index (χ1v) is 4.84. The predicted molar refractivity (Wildman–Crippen MR) is 56.9 cm³/mol. The zero-order valence-electron chi connectivity index (χ0n) is 9.04. The van der Waals surface area contributed by atoms with Crippen molar-refractivity contribution >= 4 is 23.5 Å². The minimum Gasteiger partial charge on any atom is -0.444 e. The van der Waals surface area contributed by atoms with Crippen molar-refractivity contribution in [3.63, 3.8) is 0 Å². The van der Waals surface area contributed by atoms with Crippen LogP contribution >= 0.6 is 11.6 Å². The summed E-state index contributed by atoms with van der Waals surface area (Å²) in [6.45, 7) is 5.06. The fourth-order valence-electron chi connectivity index (χ4n) is 0.833. The van der Waals surface area contributed by atoms with Crippen LogP contribution in [0, 0.1) is 5.95 Å². The minimum atomic E-state index is -0.921. The molecule has 1 aromatic heterocycles. The van der Waals surface area contributed by atoms with E-state index < -0.39 is 17.6 Å². The maximum Gasteiger partial charge on any atom is 0.413 e. The van der Waals surface area contributed by atoms with Gasteiger partial charge in [0.25, 0.3) is 5.95 Å². The van der Waals surface area contributed by atoms with Crippen LogP contribution in [0.3, 0.4) is 0 Å². The van der Waals surface area contributed by atoms with Gasteiger partial charge in [0.1, 0.15) is 10.8 Å². The maximum atomic E-state index is 13.1. The van der Waals surface area contributed by atoms with Crippen molar-refractivity contribution in [2.75, 3.05) is 5.32 Å². The summed E-state index contributed by atoms with van der Waals surface area (Å²) >= 11 is 5.50. The molecule has 1 N–H and O–H groups in total. The van der Waals surface area contributed by atoms with Crippen LogP contribution in [-0.4, -0.2) is 21.7 Å². The first-order chi connectivity index (χ1) is 7.28. The SMILES string of the molecule is CC(C)(C)OC(=O)Nc1nc(Cl)cnc1F. The van der Waals surface area contributed by atoms with Crippen molar-refractivity contribution in [3.05, 3.63) is 17.3 Å². The van der Waals surface area contributed by atoms with Crippen molar-refractivity contribution in [1.82, 2.24) is 9.97 Å². The lowest BCUT2D eigenvalue weighted by Gasteiger charge is -2.19. The van der Waals surface area contributed by atoms with Gasteiger partial charge in [0.15, 0.2) is 5.82 Å². The van der Waals surface area contributed by atoms with Gasteiger partial charge < -0.3 is 4.74 Å². The molecule has 16 heavy (non-hydrogen) atoms. The molecule has 1 heterocycles. The highest BCUT2D eigenvalue weighted by atomic mass is 35.5. The number of nitrogens with one attached hydrogen (secondary N) is 1. The number of amides is 1. The van der Waals surface area contributed by atoms with Crippen molar-refractivity contribution in [2.45, 2.75) is 26.4 Å². The Labute approximate surface area is 97.0 Å². The second-order valence-electron chi connectivity index (χ2n) is 3.96. The summed E-state index contributed by atoms with van der Waals surface area (Å²) in [5.74, 6) is -1.28. The van der Waals surface area contributed by atoms with Crippen LogP contribution in [0.2, 0.25) is 5.15 Å². The van der Waals surface area contributed by atoms with Crippen LogP contribution in [-0.2, 0) is 4.74 Å². The average Bonchev–Trinajstić information content (AvgIpc) is 2.08. The van der Waals surface area contributed by atoms with Crippen LogP contribution in [0.25, 0.3) is 0 Å². The van der Waals surface area contributed by atoms with E-state index in [0.29, 0.717) is 0 Å². The van der Waals surface area contributed by atoms with E-state index in [1.54, 1.807) is 20.8 Å². The number of ether oxygens (including phenoxy) is 1. The Hall–Kier alpha value is -1.43. The second kappa shape index (κ2) is 4.61. The number of rotatable bonds is 1. The molecule has 88 valence electrons. The smallest absolute Gasteiger partial charge is 0.413 e. The van der Waals surface area contributed by atoms with Gasteiger partial charge in [-0.2, -0.15) is 4.39 Å². The molecule has 0 atom stereocenters. The normalized spacial score (nSPS) is 11.1. The quantitative estimate of drug-likeness (QED) is 0.829. The number of hydrogen-bond donors (Lipinski definition) is 1. The standard InChI is InChI=1S/C9H11ClFN3O2/c1-9(2,3)16-8(15)14-7-6(11)12-4-5(10)13-7/h4H,1-3H3,(H,13,14,15). The number of anilines is 1. The number of hydrogen-bond acceptors (Lipinski definition) is 4. The summed E-state index contributed by atoms with van der Waals surface area (Å²) in [4.78, 5) is 18.1. The largest absolute Gasteiger partial charge is 0.444 e. The number of carbonyl (C=O) groups excluding carboxylic acids is 1. The van der Waals surface area contributed by atoms with E-state index in [1.807, 2.05) is 0 Å². The number of halogens is 2. The minimum absolute atomic E-state index is 0.0209. The lowest BCUT2D eigenvalue weighted by atomic mass is 10.2. The van der Waals surface area contributed by atoms with Crippen LogP contribution in [0.5, 0.6) is 0 Å². The van der Waals surface area contributed by atoms with Crippen molar-refractivity contribution in [2.24, 2.45) is 0 Å². The molecule has 0 aromatic carbocycles. The van der Waals surface area contributed by atoms with Gasteiger partial charge in [-0.1, -0.05) is 11.6 Å². The lowest BCUT2D eigenvalue weighted by Crippen LogP contribution is -2.28. The zero-order chi connectivity index (χ0) is 12.3. The van der Waals surface area contributed by atoms with Gasteiger partial charge in [-0.15, -0.1) is 0 Å². The summed E-state index contributed by atoms with van der Waals surface area (Å²) in [7, 11) is 0. The monoisotopic (exact) mass is 247 g/mol. The molecule has 1 aromatic rings. The van der Waals surface area contributed by atoms with E-state index >= 15 is 0 Å². The molecule has 0 radical (unpaired) electrons. The molecule has 1 rings (SSSR count). The third-order valence-electron chi connectivity index (χ3n) is 1.32. The summed E-state index contributed by atoms with van der Waals surface area (Å²) in [6, 6.07) is 0. The molecule has 0 bridgehead atoms. The van der Waals surface area contributed by atoms with Crippen molar-refractivity contribution < 1.29 is 13.9 Å². The summed E-state index contributed by atoms with van der Waals surface area (Å²) in [5, 5.41) is 2.09. The Morgan fingerprint density at radius 1 is 1.56 bits per heavy atom.